The third-order valence-corrected chi connectivity index (χ3v) is 2.43. The van der Waals surface area contributed by atoms with Crippen molar-refractivity contribution < 1.29 is 14.3 Å². The Balaban J connectivity index is 1.96. The van der Waals surface area contributed by atoms with Crippen molar-refractivity contribution in [3.8, 4) is 5.75 Å². The molecule has 0 aromatic heterocycles. The zero-order valence-corrected chi connectivity index (χ0v) is 9.56. The molecule has 2 aromatic carbocycles. The number of rotatable bonds is 3. The Labute approximate surface area is 104 Å². The van der Waals surface area contributed by atoms with Crippen LogP contribution in [0.1, 0.15) is 5.56 Å². The molecule has 0 radical (unpaired) electrons. The second-order valence-corrected chi connectivity index (χ2v) is 3.90. The number of phenolic OH excluding ortho intramolecular Hbond substituents is 1. The summed E-state index contributed by atoms with van der Waals surface area (Å²) in [6.07, 6.45) is 0.206. The molecule has 18 heavy (non-hydrogen) atoms. The van der Waals surface area contributed by atoms with E-state index in [4.69, 9.17) is 5.11 Å². The average Bonchev–Trinajstić information content (AvgIpc) is 2.35. The van der Waals surface area contributed by atoms with Gasteiger partial charge in [-0.3, -0.25) is 4.79 Å². The minimum Gasteiger partial charge on any atom is -0.508 e. The van der Waals surface area contributed by atoms with Gasteiger partial charge in [0.2, 0.25) is 5.91 Å². The Morgan fingerprint density at radius 2 is 1.67 bits per heavy atom. The van der Waals surface area contributed by atoms with Gasteiger partial charge in [0.15, 0.2) is 0 Å². The van der Waals surface area contributed by atoms with E-state index >= 15 is 0 Å². The summed E-state index contributed by atoms with van der Waals surface area (Å²) in [5.74, 6) is -0.364. The monoisotopic (exact) mass is 245 g/mol. The number of aromatic hydroxyl groups is 1. The molecule has 0 saturated heterocycles. The first-order valence-corrected chi connectivity index (χ1v) is 5.47. The predicted octanol–water partition coefficient (Wildman–Crippen LogP) is 2.71. The van der Waals surface area contributed by atoms with Crippen LogP contribution in [-0.2, 0) is 11.2 Å². The van der Waals surface area contributed by atoms with Crippen molar-refractivity contribution in [1.82, 2.24) is 0 Å². The third kappa shape index (κ3) is 3.31. The first kappa shape index (κ1) is 12.1. The average molecular weight is 245 g/mol. The molecule has 2 aromatic rings. The molecule has 0 spiro atoms. The summed E-state index contributed by atoms with van der Waals surface area (Å²) in [6, 6.07) is 12.0. The minimum atomic E-state index is -0.341. The van der Waals surface area contributed by atoms with E-state index in [2.05, 4.69) is 5.32 Å². The fourth-order valence-electron chi connectivity index (χ4n) is 1.54. The van der Waals surface area contributed by atoms with Gasteiger partial charge in [-0.1, -0.05) is 12.1 Å². The molecule has 4 heteroatoms. The number of nitrogens with one attached hydrogen (secondary N) is 1. The lowest BCUT2D eigenvalue weighted by atomic mass is 10.1. The van der Waals surface area contributed by atoms with Crippen molar-refractivity contribution in [3.63, 3.8) is 0 Å². The van der Waals surface area contributed by atoms with Crippen molar-refractivity contribution in [2.45, 2.75) is 6.42 Å². The summed E-state index contributed by atoms with van der Waals surface area (Å²) in [4.78, 5) is 11.7. The largest absolute Gasteiger partial charge is 0.508 e. The summed E-state index contributed by atoms with van der Waals surface area (Å²) in [6.45, 7) is 0. The highest BCUT2D eigenvalue weighted by Gasteiger charge is 2.04. The van der Waals surface area contributed by atoms with Gasteiger partial charge in [0.05, 0.1) is 6.42 Å². The molecule has 92 valence electrons. The highest BCUT2D eigenvalue weighted by Crippen LogP contribution is 2.12. The summed E-state index contributed by atoms with van der Waals surface area (Å²) in [5.41, 5.74) is 1.35. The van der Waals surface area contributed by atoms with E-state index in [9.17, 15) is 9.18 Å². The molecule has 0 unspecified atom stereocenters. The molecule has 1 amide bonds. The van der Waals surface area contributed by atoms with Crippen molar-refractivity contribution in [1.29, 1.82) is 0 Å². The number of halogens is 1. The topological polar surface area (TPSA) is 49.3 Å². The van der Waals surface area contributed by atoms with E-state index in [0.717, 1.165) is 5.56 Å². The Bertz CT molecular complexity index is 485. The first-order chi connectivity index (χ1) is 8.63. The molecule has 0 saturated carbocycles. The van der Waals surface area contributed by atoms with Gasteiger partial charge in [0.1, 0.15) is 11.6 Å². The van der Waals surface area contributed by atoms with Crippen LogP contribution in [0.3, 0.4) is 0 Å². The van der Waals surface area contributed by atoms with Crippen LogP contribution in [0, 0.1) is 5.82 Å². The summed E-state index contributed by atoms with van der Waals surface area (Å²) >= 11 is 0. The van der Waals surface area contributed by atoms with Gasteiger partial charge < -0.3 is 10.4 Å². The number of carbonyl (C=O) groups is 1. The smallest absolute Gasteiger partial charge is 0.228 e. The molecule has 0 aliphatic carbocycles. The van der Waals surface area contributed by atoms with Gasteiger partial charge in [-0.25, -0.2) is 4.39 Å². The number of hydrogen-bond acceptors (Lipinski definition) is 2. The van der Waals surface area contributed by atoms with Crippen LogP contribution in [0.2, 0.25) is 0 Å². The zero-order chi connectivity index (χ0) is 13.0. The van der Waals surface area contributed by atoms with Crippen molar-refractivity contribution in [2.75, 3.05) is 5.32 Å². The lowest BCUT2D eigenvalue weighted by Crippen LogP contribution is -2.14. The first-order valence-electron chi connectivity index (χ1n) is 5.47. The van der Waals surface area contributed by atoms with Crippen LogP contribution in [0.4, 0.5) is 10.1 Å². The SMILES string of the molecule is O=C(Cc1ccc(O)cc1)Nc1ccc(F)cc1. The van der Waals surface area contributed by atoms with Crippen LogP contribution < -0.4 is 5.32 Å². The van der Waals surface area contributed by atoms with Gasteiger partial charge in [-0.15, -0.1) is 0 Å². The highest BCUT2D eigenvalue weighted by molar-refractivity contribution is 5.92. The fraction of sp³-hybridized carbons (Fsp3) is 0.0714. The van der Waals surface area contributed by atoms with Gasteiger partial charge in [0, 0.05) is 5.69 Å². The molecular formula is C14H12FNO2. The number of hydrogen-bond donors (Lipinski definition) is 2. The van der Waals surface area contributed by atoms with E-state index < -0.39 is 0 Å². The molecule has 3 nitrogen and oxygen atoms in total. The Kier molecular flexibility index (Phi) is 3.57. The van der Waals surface area contributed by atoms with Crippen molar-refractivity contribution in [3.05, 3.63) is 59.9 Å². The molecule has 0 aliphatic heterocycles. The normalized spacial score (nSPS) is 10.1. The van der Waals surface area contributed by atoms with E-state index in [1.165, 1.54) is 36.4 Å². The number of carbonyl (C=O) groups excluding carboxylic acids is 1. The van der Waals surface area contributed by atoms with Crippen LogP contribution >= 0.6 is 0 Å². The Hall–Kier alpha value is -2.36. The predicted molar refractivity (Wildman–Crippen MR) is 66.8 cm³/mol. The zero-order valence-electron chi connectivity index (χ0n) is 9.56. The maximum atomic E-state index is 12.7. The lowest BCUT2D eigenvalue weighted by molar-refractivity contribution is -0.115. The lowest BCUT2D eigenvalue weighted by Gasteiger charge is -2.05. The number of amides is 1. The van der Waals surface area contributed by atoms with Crippen LogP contribution in [0.15, 0.2) is 48.5 Å². The molecule has 0 fully saturated rings. The molecule has 0 aliphatic rings. The van der Waals surface area contributed by atoms with Gasteiger partial charge in [-0.2, -0.15) is 0 Å². The molecule has 0 bridgehead atoms. The second kappa shape index (κ2) is 5.31. The quantitative estimate of drug-likeness (QED) is 0.873. The molecule has 2 N–H and O–H groups in total. The molecule has 2 rings (SSSR count). The summed E-state index contributed by atoms with van der Waals surface area (Å²) in [7, 11) is 0. The van der Waals surface area contributed by atoms with E-state index in [-0.39, 0.29) is 23.9 Å². The van der Waals surface area contributed by atoms with Gasteiger partial charge >= 0.3 is 0 Å². The van der Waals surface area contributed by atoms with Crippen LogP contribution in [0.25, 0.3) is 0 Å². The summed E-state index contributed by atoms with van der Waals surface area (Å²) in [5, 5.41) is 11.8. The Morgan fingerprint density at radius 3 is 2.28 bits per heavy atom. The third-order valence-electron chi connectivity index (χ3n) is 2.43. The van der Waals surface area contributed by atoms with E-state index in [1.54, 1.807) is 12.1 Å². The van der Waals surface area contributed by atoms with Crippen LogP contribution in [-0.4, -0.2) is 11.0 Å². The number of phenols is 1. The molecule has 0 atom stereocenters. The summed E-state index contributed by atoms with van der Waals surface area (Å²) < 4.78 is 12.7. The highest BCUT2D eigenvalue weighted by atomic mass is 19.1. The van der Waals surface area contributed by atoms with Gasteiger partial charge in [-0.05, 0) is 42.0 Å². The molecular weight excluding hydrogens is 233 g/mol. The fourth-order valence-corrected chi connectivity index (χ4v) is 1.54. The minimum absolute atomic E-state index is 0.165. The Morgan fingerprint density at radius 1 is 1.06 bits per heavy atom. The van der Waals surface area contributed by atoms with Gasteiger partial charge in [0.25, 0.3) is 0 Å². The second-order valence-electron chi connectivity index (χ2n) is 3.90. The van der Waals surface area contributed by atoms with Crippen LogP contribution in [0.5, 0.6) is 5.75 Å². The maximum Gasteiger partial charge on any atom is 0.228 e. The van der Waals surface area contributed by atoms with Crippen molar-refractivity contribution in [2.24, 2.45) is 0 Å². The number of benzene rings is 2. The van der Waals surface area contributed by atoms with E-state index in [0.29, 0.717) is 5.69 Å². The van der Waals surface area contributed by atoms with E-state index in [1.807, 2.05) is 0 Å². The van der Waals surface area contributed by atoms with Crippen molar-refractivity contribution >= 4 is 11.6 Å². The maximum absolute atomic E-state index is 12.7. The standard InChI is InChI=1S/C14H12FNO2/c15-11-3-5-12(6-4-11)16-14(18)9-10-1-7-13(17)8-2-10/h1-8,17H,9H2,(H,16,18). The molecule has 0 heterocycles. The number of anilines is 1.